The zero-order valence-corrected chi connectivity index (χ0v) is 52.7. The van der Waals surface area contributed by atoms with Crippen molar-refractivity contribution in [1.82, 2.24) is 19.9 Å². The number of carbonyl (C=O) groups is 1. The van der Waals surface area contributed by atoms with E-state index in [0.717, 1.165) is 60.8 Å². The van der Waals surface area contributed by atoms with E-state index < -0.39 is 46.3 Å². The molecule has 2 unspecified atom stereocenters. The minimum Gasteiger partial charge on any atom is -0.512 e. The number of nitrogens with zero attached hydrogens (tertiary/aromatic N) is 4. The van der Waals surface area contributed by atoms with Gasteiger partial charge in [0.1, 0.15) is 5.52 Å². The fraction of sp³-hybridized carbons (Fsp3) is 0.157. The maximum atomic E-state index is 14.0. The van der Waals surface area contributed by atoms with Crippen LogP contribution in [-0.2, 0) is 63.5 Å². The van der Waals surface area contributed by atoms with Crippen LogP contribution in [0, 0.1) is 13.0 Å². The molecule has 0 amide bonds. The van der Waals surface area contributed by atoms with Gasteiger partial charge in [-0.15, -0.1) is 29.1 Å². The van der Waals surface area contributed by atoms with Crippen LogP contribution in [0.5, 0.6) is 0 Å². The molecule has 3 N–H and O–H groups in total. The van der Waals surface area contributed by atoms with E-state index in [2.05, 4.69) is 16.0 Å². The van der Waals surface area contributed by atoms with Gasteiger partial charge in [-0.05, 0) is 127 Å². The summed E-state index contributed by atoms with van der Waals surface area (Å²) in [6.07, 6.45) is -13.6. The summed E-state index contributed by atoms with van der Waals surface area (Å²) in [6, 6.07) is 57.6. The van der Waals surface area contributed by atoms with Gasteiger partial charge >= 0.3 is 18.5 Å². The number of ketones is 1. The Morgan fingerprint density at radius 2 is 0.843 bits per heavy atom. The van der Waals surface area contributed by atoms with Crippen molar-refractivity contribution in [2.75, 3.05) is 0 Å². The van der Waals surface area contributed by atoms with Crippen molar-refractivity contribution in [3.8, 4) is 45.0 Å². The van der Waals surface area contributed by atoms with Gasteiger partial charge in [0.25, 0.3) is 0 Å². The first-order valence-electron chi connectivity index (χ1n) is 27.2. The third-order valence-corrected chi connectivity index (χ3v) is 13.8. The molecule has 2 radical (unpaired) electrons. The van der Waals surface area contributed by atoms with E-state index in [-0.39, 0.29) is 86.9 Å². The first-order chi connectivity index (χ1) is 41.2. The number of aryl methyl sites for hydroxylation is 1. The van der Waals surface area contributed by atoms with Gasteiger partial charge < -0.3 is 15.3 Å². The summed E-state index contributed by atoms with van der Waals surface area (Å²) in [5.74, 6) is -0.0625. The van der Waals surface area contributed by atoms with Crippen LogP contribution in [0.4, 0.5) is 39.5 Å². The fourth-order valence-electron chi connectivity index (χ4n) is 9.89. The Labute approximate surface area is 532 Å². The Morgan fingerprint density at radius 3 is 1.24 bits per heavy atom. The van der Waals surface area contributed by atoms with Crippen LogP contribution in [0.15, 0.2) is 200 Å². The molecule has 2 heterocycles. The summed E-state index contributed by atoms with van der Waals surface area (Å²) in [7, 11) is 0. The van der Waals surface area contributed by atoms with Gasteiger partial charge in [-0.1, -0.05) is 139 Å². The zero-order chi connectivity index (χ0) is 62.5. The standard InChI is InChI=1S/C30H16F6N2.C30H18F3N2.C5H12O2.C5H8O2.2Ir/c31-29(32,33)23-15-24(30(34,35)36)28-25(16-23)37-26(21-11-9-17-5-1-3-7-19(17)13-21)27(38-28)22-12-10-18-6-2-4-8-20(18)14-22;1-18-14-25(30(31,32)33)17-26-27(18)35-29(24-13-11-20-7-3-5-9-22(20)16-24)28(34-26)23-12-10-19-6-2-4-8-21(19)15-23;2*1-4(6)3-5(2)7;;/h1-16H;2-11,13-17H,1H3;4-7H,3H2,1-2H3;3,6H,1-2H3;;/q;-1;;;;. The quantitative estimate of drug-likeness (QED) is 0.0623. The number of fused-ring (bicyclic) bond motifs is 6. The molecule has 2 aromatic heterocycles. The molecule has 10 aromatic carbocycles. The number of rotatable bonds is 7. The predicted octanol–water partition coefficient (Wildman–Crippen LogP) is 18.9. The fourth-order valence-corrected chi connectivity index (χ4v) is 9.89. The first kappa shape index (κ1) is 68.2. The second kappa shape index (κ2) is 28.5. The molecule has 0 saturated carbocycles. The number of aliphatic hydroxyl groups excluding tert-OH is 3. The topological polar surface area (TPSA) is 129 Å². The molecule has 8 nitrogen and oxygen atoms in total. The Bertz CT molecular complexity index is 4560. The Balaban J connectivity index is 0.000000205. The summed E-state index contributed by atoms with van der Waals surface area (Å²) in [5, 5.41) is 33.2. The van der Waals surface area contributed by atoms with E-state index in [1.807, 2.05) is 140 Å². The number of allylic oxidation sites excluding steroid dienone is 2. The van der Waals surface area contributed by atoms with E-state index in [1.165, 1.54) is 19.9 Å². The van der Waals surface area contributed by atoms with Crippen LogP contribution in [0.1, 0.15) is 56.4 Å². The average Bonchev–Trinajstić information content (AvgIpc) is 1.05. The molecule has 460 valence electrons. The molecule has 0 spiro atoms. The molecular formula is C70H54F9Ir2N4O4-. The van der Waals surface area contributed by atoms with Crippen LogP contribution in [0.3, 0.4) is 0 Å². The van der Waals surface area contributed by atoms with Gasteiger partial charge in [0, 0.05) is 63.1 Å². The Morgan fingerprint density at radius 1 is 0.472 bits per heavy atom. The van der Waals surface area contributed by atoms with Crippen molar-refractivity contribution in [3.05, 3.63) is 228 Å². The van der Waals surface area contributed by atoms with Gasteiger partial charge in [0.15, 0.2) is 5.78 Å². The van der Waals surface area contributed by atoms with Gasteiger partial charge in [0.05, 0.1) is 68.3 Å². The van der Waals surface area contributed by atoms with Gasteiger partial charge in [-0.2, -0.15) is 39.5 Å². The van der Waals surface area contributed by atoms with Crippen molar-refractivity contribution >= 4 is 70.9 Å². The van der Waals surface area contributed by atoms with E-state index in [1.54, 1.807) is 45.0 Å². The van der Waals surface area contributed by atoms with Crippen LogP contribution in [0.25, 0.3) is 110 Å². The predicted molar refractivity (Wildman–Crippen MR) is 324 cm³/mol. The van der Waals surface area contributed by atoms with E-state index in [9.17, 15) is 44.3 Å². The normalized spacial score (nSPS) is 12.4. The molecular weight excluding hydrogens is 1520 g/mol. The zero-order valence-electron chi connectivity index (χ0n) is 47.9. The number of hydrogen-bond donors (Lipinski definition) is 3. The number of halogens is 9. The molecule has 12 rings (SSSR count). The number of benzene rings is 10. The maximum Gasteiger partial charge on any atom is 0.418 e. The largest absolute Gasteiger partial charge is 0.512 e. The Hall–Kier alpha value is -8.28. The SMILES string of the molecule is CC(=O)C=C(C)O.CC(O)CC(C)O.Cc1cc(C(F)(F)F)cc2nc(-c3[c-]cc4ccccc4c3)c(-c3ccc4ccccc4c3)nc12.FC(F)(F)c1cc(C(F)(F)F)c2nc(-c3ccc4ccccc4c3)c(-c3ccc4ccccc4c3)nc2c1.[Ir].[Ir]. The molecule has 0 fully saturated rings. The molecule has 0 bridgehead atoms. The molecule has 2 atom stereocenters. The van der Waals surface area contributed by atoms with Crippen LogP contribution in [-0.4, -0.2) is 53.2 Å². The summed E-state index contributed by atoms with van der Waals surface area (Å²) < 4.78 is 123. The van der Waals surface area contributed by atoms with Crippen LogP contribution >= 0.6 is 0 Å². The number of alkyl halides is 9. The third-order valence-electron chi connectivity index (χ3n) is 13.8. The summed E-state index contributed by atoms with van der Waals surface area (Å²) in [4.78, 5) is 28.4. The maximum absolute atomic E-state index is 14.0. The summed E-state index contributed by atoms with van der Waals surface area (Å²) in [6.45, 7) is 7.80. The van der Waals surface area contributed by atoms with E-state index in [4.69, 9.17) is 25.3 Å². The molecule has 0 aliphatic rings. The number of aliphatic hydroxyl groups is 3. The second-order valence-corrected chi connectivity index (χ2v) is 20.9. The summed E-state index contributed by atoms with van der Waals surface area (Å²) >= 11 is 0. The van der Waals surface area contributed by atoms with Crippen LogP contribution in [0.2, 0.25) is 0 Å². The number of carbonyl (C=O) groups excluding carboxylic acids is 1. The number of hydrogen-bond acceptors (Lipinski definition) is 8. The molecule has 0 aliphatic carbocycles. The van der Waals surface area contributed by atoms with Gasteiger partial charge in [-0.25, -0.2) is 9.97 Å². The minimum atomic E-state index is -5.07. The molecule has 12 aromatic rings. The molecule has 0 aliphatic heterocycles. The first-order valence-corrected chi connectivity index (χ1v) is 27.2. The second-order valence-electron chi connectivity index (χ2n) is 20.9. The minimum absolute atomic E-state index is 0. The van der Waals surface area contributed by atoms with E-state index >= 15 is 0 Å². The summed E-state index contributed by atoms with van der Waals surface area (Å²) in [5.41, 5.74) is 0.275. The van der Waals surface area contributed by atoms with Crippen molar-refractivity contribution in [1.29, 1.82) is 0 Å². The molecule has 0 saturated heterocycles. The monoisotopic (exact) mass is 1570 g/mol. The molecule has 89 heavy (non-hydrogen) atoms. The van der Waals surface area contributed by atoms with Crippen molar-refractivity contribution in [2.45, 2.75) is 71.8 Å². The van der Waals surface area contributed by atoms with Crippen molar-refractivity contribution < 1.29 is 99.8 Å². The molecule has 19 heteroatoms. The smallest absolute Gasteiger partial charge is 0.418 e. The van der Waals surface area contributed by atoms with Crippen molar-refractivity contribution in [3.63, 3.8) is 0 Å². The van der Waals surface area contributed by atoms with Crippen LogP contribution < -0.4 is 0 Å². The Kier molecular flexibility index (Phi) is 21.8. The third kappa shape index (κ3) is 16.7. The number of aromatic nitrogens is 4. The van der Waals surface area contributed by atoms with E-state index in [0.29, 0.717) is 51.6 Å². The average molecular weight is 1570 g/mol. The van der Waals surface area contributed by atoms with Gasteiger partial charge in [0.2, 0.25) is 0 Å². The van der Waals surface area contributed by atoms with Gasteiger partial charge in [-0.3, -0.25) is 14.8 Å². The van der Waals surface area contributed by atoms with Crippen molar-refractivity contribution in [2.24, 2.45) is 0 Å².